The highest BCUT2D eigenvalue weighted by Crippen LogP contribution is 2.45. The summed E-state index contributed by atoms with van der Waals surface area (Å²) in [6.07, 6.45) is 17.7. The Bertz CT molecular complexity index is 1250. The Morgan fingerprint density at radius 3 is 2.20 bits per heavy atom. The molecule has 0 bridgehead atoms. The molecule has 0 spiro atoms. The van der Waals surface area contributed by atoms with Crippen LogP contribution in [0.15, 0.2) is 0 Å². The van der Waals surface area contributed by atoms with E-state index in [1.807, 2.05) is 0 Å². The summed E-state index contributed by atoms with van der Waals surface area (Å²) in [6, 6.07) is -0.164. The van der Waals surface area contributed by atoms with Crippen molar-refractivity contribution in [2.45, 2.75) is 196 Å². The summed E-state index contributed by atoms with van der Waals surface area (Å²) in [4.78, 5) is 26.5. The lowest BCUT2D eigenvalue weighted by Crippen LogP contribution is -2.37. The second kappa shape index (κ2) is 21.4. The van der Waals surface area contributed by atoms with Crippen LogP contribution in [0.3, 0.4) is 0 Å². The Balaban J connectivity index is 1.32. The lowest BCUT2D eigenvalue weighted by Gasteiger charge is -2.38. The molecule has 1 aromatic rings. The van der Waals surface area contributed by atoms with E-state index in [0.717, 1.165) is 90.9 Å². The highest BCUT2D eigenvalue weighted by molar-refractivity contribution is 5.76. The van der Waals surface area contributed by atoms with Crippen LogP contribution in [0.2, 0.25) is 0 Å². The zero-order valence-corrected chi connectivity index (χ0v) is 33.9. The number of benzene rings is 1. The van der Waals surface area contributed by atoms with Gasteiger partial charge in [-0.3, -0.25) is 9.59 Å². The molecule has 1 aromatic carbocycles. The van der Waals surface area contributed by atoms with Crippen molar-refractivity contribution in [2.24, 2.45) is 17.8 Å². The van der Waals surface area contributed by atoms with Crippen molar-refractivity contribution in [2.75, 3.05) is 19.8 Å². The van der Waals surface area contributed by atoms with E-state index in [4.69, 9.17) is 15.6 Å². The van der Waals surface area contributed by atoms with Crippen molar-refractivity contribution >= 4 is 11.9 Å². The standard InChI is InChI=1S/C44H75NO6/c1-31(2)17-14-18-32(3)19-15-20-33(4)21-16-25-44(9)26-24-39-37(8)42(35(6)36(7)43(39)51-44)50-28-27-49-41(48)23-13-11-10-12-22-40(47)45-30-38(46)29-34(45)5/h31-34,38,46H,10-30H2,1-9H3/t32-,33-,34-,38-,44-/m1/s1/i5D. The molecule has 3 rings (SSSR count). The summed E-state index contributed by atoms with van der Waals surface area (Å²) < 4.78 is 26.1. The minimum atomic E-state index is -0.510. The minimum absolute atomic E-state index is 0.0212. The van der Waals surface area contributed by atoms with Gasteiger partial charge in [0.2, 0.25) is 5.91 Å². The molecule has 0 unspecified atom stereocenters. The number of carbonyl (C=O) groups excluding carboxylic acids is 2. The molecule has 1 N–H and O–H groups in total. The van der Waals surface area contributed by atoms with Crippen molar-refractivity contribution in [1.29, 1.82) is 0 Å². The van der Waals surface area contributed by atoms with Gasteiger partial charge in [0.1, 0.15) is 30.3 Å². The SMILES string of the molecule is [2H]C[C@@H]1C[C@@H](O)CN1C(=O)CCCCCCC(=O)OCCOc1c(C)c(C)c2c(c1C)CC[C@@](C)(CCC[C@H](C)CCC[C@H](C)CCCC(C)C)O2. The number of ether oxygens (including phenoxy) is 3. The van der Waals surface area contributed by atoms with Crippen LogP contribution in [0.5, 0.6) is 11.5 Å². The molecule has 1 saturated heterocycles. The third kappa shape index (κ3) is 14.2. The Labute approximate surface area is 313 Å². The lowest BCUT2D eigenvalue weighted by molar-refractivity contribution is -0.144. The van der Waals surface area contributed by atoms with Gasteiger partial charge in [-0.25, -0.2) is 0 Å². The molecule has 5 atom stereocenters. The van der Waals surface area contributed by atoms with Crippen LogP contribution in [0.25, 0.3) is 0 Å². The highest BCUT2D eigenvalue weighted by Gasteiger charge is 2.35. The first-order valence-corrected chi connectivity index (χ1v) is 20.6. The second-order valence-corrected chi connectivity index (χ2v) is 17.0. The van der Waals surface area contributed by atoms with Crippen LogP contribution in [0.1, 0.15) is 174 Å². The average Bonchev–Trinajstić information content (AvgIpc) is 3.48. The molecular weight excluding hydrogens is 638 g/mol. The Kier molecular flexibility index (Phi) is 17.4. The van der Waals surface area contributed by atoms with Gasteiger partial charge in [-0.15, -0.1) is 0 Å². The van der Waals surface area contributed by atoms with Crippen molar-refractivity contribution in [3.05, 3.63) is 22.3 Å². The summed E-state index contributed by atoms with van der Waals surface area (Å²) in [7, 11) is 0. The van der Waals surface area contributed by atoms with Crippen molar-refractivity contribution in [1.82, 2.24) is 4.90 Å². The summed E-state index contributed by atoms with van der Waals surface area (Å²) in [5, 5.41) is 9.82. The molecule has 7 heteroatoms. The van der Waals surface area contributed by atoms with Gasteiger partial charge in [0, 0.05) is 32.4 Å². The normalized spacial score (nSPS) is 21.6. The predicted octanol–water partition coefficient (Wildman–Crippen LogP) is 10.4. The molecule has 2 aliphatic heterocycles. The fourth-order valence-corrected chi connectivity index (χ4v) is 8.09. The zero-order valence-electron chi connectivity index (χ0n) is 34.9. The first-order valence-electron chi connectivity index (χ1n) is 21.3. The minimum Gasteiger partial charge on any atom is -0.489 e. The number of hydrogen-bond donors (Lipinski definition) is 1. The van der Waals surface area contributed by atoms with Gasteiger partial charge < -0.3 is 24.2 Å². The maximum Gasteiger partial charge on any atom is 0.305 e. The molecule has 1 amide bonds. The number of rotatable bonds is 23. The van der Waals surface area contributed by atoms with Crippen LogP contribution < -0.4 is 9.47 Å². The van der Waals surface area contributed by atoms with Crippen LogP contribution in [-0.2, 0) is 20.7 Å². The number of esters is 1. The number of aliphatic hydroxyl groups excluding tert-OH is 1. The van der Waals surface area contributed by atoms with Crippen molar-refractivity contribution in [3.8, 4) is 11.5 Å². The maximum absolute atomic E-state index is 12.5. The average molecular weight is 715 g/mol. The number of unbranched alkanes of at least 4 members (excludes halogenated alkanes) is 3. The van der Waals surface area contributed by atoms with E-state index in [2.05, 4.69) is 55.4 Å². The predicted molar refractivity (Wildman–Crippen MR) is 209 cm³/mol. The van der Waals surface area contributed by atoms with Gasteiger partial charge in [0.05, 0.1) is 6.10 Å². The third-order valence-corrected chi connectivity index (χ3v) is 11.7. The van der Waals surface area contributed by atoms with Crippen LogP contribution in [-0.4, -0.2) is 59.4 Å². The van der Waals surface area contributed by atoms with Gasteiger partial charge in [-0.1, -0.05) is 85.5 Å². The monoisotopic (exact) mass is 715 g/mol. The van der Waals surface area contributed by atoms with E-state index in [9.17, 15) is 14.7 Å². The molecule has 2 aliphatic rings. The summed E-state index contributed by atoms with van der Waals surface area (Å²) in [5.74, 6) is 4.17. The number of aliphatic hydroxyl groups is 1. The zero-order chi connectivity index (χ0) is 38.3. The fraction of sp³-hybridized carbons (Fsp3) is 0.818. The van der Waals surface area contributed by atoms with Gasteiger partial charge in [0.15, 0.2) is 0 Å². The quantitative estimate of drug-likeness (QED) is 0.0897. The molecule has 7 nitrogen and oxygen atoms in total. The van der Waals surface area contributed by atoms with E-state index in [1.165, 1.54) is 56.9 Å². The van der Waals surface area contributed by atoms with Crippen LogP contribution in [0.4, 0.5) is 0 Å². The number of likely N-dealkylation sites (tertiary alicyclic amines) is 1. The van der Waals surface area contributed by atoms with Crippen molar-refractivity contribution in [3.63, 3.8) is 0 Å². The Morgan fingerprint density at radius 2 is 1.53 bits per heavy atom. The number of amides is 1. The molecule has 2 heterocycles. The third-order valence-electron chi connectivity index (χ3n) is 11.7. The maximum atomic E-state index is 12.5. The molecule has 51 heavy (non-hydrogen) atoms. The molecule has 292 valence electrons. The van der Waals surface area contributed by atoms with Gasteiger partial charge in [-0.05, 0) is 114 Å². The molecule has 1 fully saturated rings. The molecule has 0 radical (unpaired) electrons. The van der Waals surface area contributed by atoms with E-state index in [0.29, 0.717) is 32.4 Å². The van der Waals surface area contributed by atoms with E-state index >= 15 is 0 Å². The fourth-order valence-electron chi connectivity index (χ4n) is 8.09. The smallest absolute Gasteiger partial charge is 0.305 e. The first-order chi connectivity index (χ1) is 24.7. The molecule has 0 aromatic heterocycles. The summed E-state index contributed by atoms with van der Waals surface area (Å²) in [6.45, 7) is 19.2. The van der Waals surface area contributed by atoms with Crippen LogP contribution in [0, 0.1) is 38.5 Å². The van der Waals surface area contributed by atoms with E-state index in [-0.39, 0.29) is 37.0 Å². The number of β-amino-alcohol motifs (C(OH)–C–C–N with tert-alkyl or cyclic N) is 1. The Hall–Kier alpha value is -2.28. The Morgan fingerprint density at radius 1 is 0.882 bits per heavy atom. The topological polar surface area (TPSA) is 85.3 Å². The number of hydrogen-bond acceptors (Lipinski definition) is 6. The first kappa shape index (κ1) is 41.5. The summed E-state index contributed by atoms with van der Waals surface area (Å²) in [5.41, 5.74) is 4.48. The second-order valence-electron chi connectivity index (χ2n) is 17.0. The largest absolute Gasteiger partial charge is 0.489 e. The number of nitrogens with zero attached hydrogens (tertiary/aromatic N) is 1. The summed E-state index contributed by atoms with van der Waals surface area (Å²) >= 11 is 0. The van der Waals surface area contributed by atoms with Crippen LogP contribution >= 0.6 is 0 Å². The number of carbonyl (C=O) groups is 2. The lowest BCUT2D eigenvalue weighted by atomic mass is 9.83. The van der Waals surface area contributed by atoms with E-state index < -0.39 is 6.10 Å². The molecule has 0 aliphatic carbocycles. The highest BCUT2D eigenvalue weighted by atomic mass is 16.6. The van der Waals surface area contributed by atoms with Gasteiger partial charge >= 0.3 is 5.97 Å². The molecular formula is C44H75NO6. The number of fused-ring (bicyclic) bond motifs is 1. The van der Waals surface area contributed by atoms with Crippen molar-refractivity contribution < 1.29 is 30.3 Å². The van der Waals surface area contributed by atoms with E-state index in [1.54, 1.807) is 4.90 Å². The van der Waals surface area contributed by atoms with Gasteiger partial charge in [-0.2, -0.15) is 0 Å². The molecule has 0 saturated carbocycles. The van der Waals surface area contributed by atoms with Gasteiger partial charge in [0.25, 0.3) is 0 Å².